The van der Waals surface area contributed by atoms with E-state index in [1.54, 1.807) is 0 Å². The van der Waals surface area contributed by atoms with Crippen molar-refractivity contribution >= 4 is 11.9 Å². The van der Waals surface area contributed by atoms with Gasteiger partial charge in [0.15, 0.2) is 0 Å². The van der Waals surface area contributed by atoms with E-state index in [4.69, 9.17) is 4.74 Å². The minimum Gasteiger partial charge on any atom is -0.481 e. The van der Waals surface area contributed by atoms with Crippen LogP contribution < -0.4 is 0 Å². The molecular formula is C12H20O5. The standard InChI is InChI=1S/C12H20O5/c1-2-17-8-7-12(11(15)16)6-4-3-5-9(12)10(13)14/h9H,2-8H2,1H3,(H,13,14)(H,15,16). The van der Waals surface area contributed by atoms with E-state index >= 15 is 0 Å². The zero-order chi connectivity index (χ0) is 12.9. The van der Waals surface area contributed by atoms with Crippen molar-refractivity contribution in [1.29, 1.82) is 0 Å². The van der Waals surface area contributed by atoms with E-state index in [1.807, 2.05) is 6.92 Å². The summed E-state index contributed by atoms with van der Waals surface area (Å²) >= 11 is 0. The fraction of sp³-hybridized carbons (Fsp3) is 0.833. The third-order valence-electron chi connectivity index (χ3n) is 3.65. The molecule has 0 aromatic heterocycles. The minimum atomic E-state index is -1.14. The van der Waals surface area contributed by atoms with Gasteiger partial charge in [-0.2, -0.15) is 0 Å². The van der Waals surface area contributed by atoms with Crippen LogP contribution in [0.25, 0.3) is 0 Å². The Labute approximate surface area is 101 Å². The van der Waals surface area contributed by atoms with E-state index in [0.29, 0.717) is 26.1 Å². The van der Waals surface area contributed by atoms with Gasteiger partial charge in [-0.15, -0.1) is 0 Å². The van der Waals surface area contributed by atoms with E-state index in [-0.39, 0.29) is 6.42 Å². The molecule has 0 saturated heterocycles. The molecule has 5 nitrogen and oxygen atoms in total. The van der Waals surface area contributed by atoms with Crippen molar-refractivity contribution in [2.45, 2.75) is 39.0 Å². The molecule has 0 aliphatic heterocycles. The summed E-state index contributed by atoms with van der Waals surface area (Å²) in [6.45, 7) is 2.67. The van der Waals surface area contributed by atoms with E-state index < -0.39 is 23.3 Å². The van der Waals surface area contributed by atoms with Crippen LogP contribution in [-0.4, -0.2) is 35.4 Å². The first-order valence-corrected chi connectivity index (χ1v) is 6.08. The van der Waals surface area contributed by atoms with Gasteiger partial charge in [-0.1, -0.05) is 12.8 Å². The van der Waals surface area contributed by atoms with Crippen LogP contribution in [0, 0.1) is 11.3 Å². The summed E-state index contributed by atoms with van der Waals surface area (Å²) in [6.07, 6.45) is 2.75. The number of carboxylic acid groups (broad SMARTS) is 2. The summed E-state index contributed by atoms with van der Waals surface area (Å²) < 4.78 is 5.18. The van der Waals surface area contributed by atoms with Crippen LogP contribution in [0.1, 0.15) is 39.0 Å². The lowest BCUT2D eigenvalue weighted by Crippen LogP contribution is -2.45. The number of hydrogen-bond donors (Lipinski definition) is 2. The normalized spacial score (nSPS) is 28.9. The second kappa shape index (κ2) is 6.00. The molecule has 17 heavy (non-hydrogen) atoms. The average Bonchev–Trinajstić information content (AvgIpc) is 2.29. The molecule has 0 spiro atoms. The molecule has 0 radical (unpaired) electrons. The summed E-state index contributed by atoms with van der Waals surface area (Å²) in [7, 11) is 0. The number of carbonyl (C=O) groups is 2. The fourth-order valence-corrected chi connectivity index (χ4v) is 2.66. The van der Waals surface area contributed by atoms with E-state index in [0.717, 1.165) is 12.8 Å². The smallest absolute Gasteiger partial charge is 0.310 e. The molecule has 2 N–H and O–H groups in total. The van der Waals surface area contributed by atoms with Crippen molar-refractivity contribution in [2.75, 3.05) is 13.2 Å². The zero-order valence-electron chi connectivity index (χ0n) is 10.1. The number of aliphatic carboxylic acids is 2. The highest BCUT2D eigenvalue weighted by atomic mass is 16.5. The molecule has 0 aromatic rings. The summed E-state index contributed by atoms with van der Waals surface area (Å²) in [4.78, 5) is 22.7. The molecule has 1 saturated carbocycles. The van der Waals surface area contributed by atoms with Gasteiger partial charge in [-0.05, 0) is 26.2 Å². The van der Waals surface area contributed by atoms with Crippen LogP contribution in [0.15, 0.2) is 0 Å². The molecule has 0 heterocycles. The molecule has 1 rings (SSSR count). The van der Waals surface area contributed by atoms with Crippen molar-refractivity contribution in [2.24, 2.45) is 11.3 Å². The number of rotatable bonds is 6. The highest BCUT2D eigenvalue weighted by Crippen LogP contribution is 2.44. The van der Waals surface area contributed by atoms with Gasteiger partial charge in [0, 0.05) is 13.2 Å². The Hall–Kier alpha value is -1.10. The van der Waals surface area contributed by atoms with Gasteiger partial charge in [-0.25, -0.2) is 0 Å². The molecular weight excluding hydrogens is 224 g/mol. The number of hydrogen-bond acceptors (Lipinski definition) is 3. The van der Waals surface area contributed by atoms with Crippen molar-refractivity contribution in [3.8, 4) is 0 Å². The lowest BCUT2D eigenvalue weighted by Gasteiger charge is -2.38. The predicted molar refractivity (Wildman–Crippen MR) is 60.8 cm³/mol. The Balaban J connectivity index is 2.85. The van der Waals surface area contributed by atoms with E-state index in [1.165, 1.54) is 0 Å². The van der Waals surface area contributed by atoms with Crippen LogP contribution in [-0.2, 0) is 14.3 Å². The van der Waals surface area contributed by atoms with E-state index in [2.05, 4.69) is 0 Å². The molecule has 5 heteroatoms. The minimum absolute atomic E-state index is 0.285. The van der Waals surface area contributed by atoms with Gasteiger partial charge >= 0.3 is 11.9 Å². The Kier molecular flexibility index (Phi) is 4.93. The third-order valence-corrected chi connectivity index (χ3v) is 3.65. The molecule has 1 aliphatic carbocycles. The first-order valence-electron chi connectivity index (χ1n) is 6.08. The molecule has 0 amide bonds. The largest absolute Gasteiger partial charge is 0.481 e. The molecule has 2 unspecified atom stereocenters. The SMILES string of the molecule is CCOCCC1(C(=O)O)CCCCC1C(=O)O. The lowest BCUT2D eigenvalue weighted by molar-refractivity contribution is -0.167. The Bertz CT molecular complexity index is 289. The Morgan fingerprint density at radius 2 is 2.06 bits per heavy atom. The summed E-state index contributed by atoms with van der Waals surface area (Å²) in [6, 6.07) is 0. The summed E-state index contributed by atoms with van der Waals surface area (Å²) in [5.41, 5.74) is -1.14. The maximum atomic E-state index is 11.5. The van der Waals surface area contributed by atoms with Crippen LogP contribution >= 0.6 is 0 Å². The van der Waals surface area contributed by atoms with Crippen molar-refractivity contribution in [3.05, 3.63) is 0 Å². The maximum absolute atomic E-state index is 11.5. The van der Waals surface area contributed by atoms with Gasteiger partial charge in [0.25, 0.3) is 0 Å². The highest BCUT2D eigenvalue weighted by Gasteiger charge is 2.50. The lowest BCUT2D eigenvalue weighted by atomic mass is 9.64. The fourth-order valence-electron chi connectivity index (χ4n) is 2.66. The highest BCUT2D eigenvalue weighted by molar-refractivity contribution is 5.83. The third kappa shape index (κ3) is 2.97. The summed E-state index contributed by atoms with van der Waals surface area (Å²) in [5, 5.41) is 18.6. The van der Waals surface area contributed by atoms with Gasteiger partial charge in [0.1, 0.15) is 0 Å². The van der Waals surface area contributed by atoms with Crippen LogP contribution in [0.4, 0.5) is 0 Å². The van der Waals surface area contributed by atoms with Gasteiger partial charge in [0.2, 0.25) is 0 Å². The van der Waals surface area contributed by atoms with Crippen LogP contribution in [0.2, 0.25) is 0 Å². The maximum Gasteiger partial charge on any atom is 0.310 e. The molecule has 98 valence electrons. The second-order valence-corrected chi connectivity index (χ2v) is 4.54. The average molecular weight is 244 g/mol. The van der Waals surface area contributed by atoms with E-state index in [9.17, 15) is 19.8 Å². The molecule has 1 aliphatic rings. The van der Waals surface area contributed by atoms with Crippen molar-refractivity contribution < 1.29 is 24.5 Å². The predicted octanol–water partition coefficient (Wildman–Crippen LogP) is 1.76. The Morgan fingerprint density at radius 3 is 2.59 bits per heavy atom. The first kappa shape index (κ1) is 14.0. The molecule has 0 bridgehead atoms. The van der Waals surface area contributed by atoms with Gasteiger partial charge < -0.3 is 14.9 Å². The second-order valence-electron chi connectivity index (χ2n) is 4.54. The zero-order valence-corrected chi connectivity index (χ0v) is 10.1. The van der Waals surface area contributed by atoms with Gasteiger partial charge in [0.05, 0.1) is 11.3 Å². The quantitative estimate of drug-likeness (QED) is 0.695. The van der Waals surface area contributed by atoms with Crippen LogP contribution in [0.5, 0.6) is 0 Å². The molecule has 2 atom stereocenters. The van der Waals surface area contributed by atoms with Crippen LogP contribution in [0.3, 0.4) is 0 Å². The van der Waals surface area contributed by atoms with Crippen molar-refractivity contribution in [1.82, 2.24) is 0 Å². The number of ether oxygens (including phenoxy) is 1. The van der Waals surface area contributed by atoms with Crippen molar-refractivity contribution in [3.63, 3.8) is 0 Å². The molecule has 0 aromatic carbocycles. The molecule has 1 fully saturated rings. The topological polar surface area (TPSA) is 83.8 Å². The van der Waals surface area contributed by atoms with Gasteiger partial charge in [-0.3, -0.25) is 9.59 Å². The monoisotopic (exact) mass is 244 g/mol. The Morgan fingerprint density at radius 1 is 1.35 bits per heavy atom. The summed E-state index contributed by atoms with van der Waals surface area (Å²) in [5.74, 6) is -2.78. The first-order chi connectivity index (χ1) is 8.04. The number of carboxylic acids is 2.